The number of carbonyl (C=O) groups is 2. The average Bonchev–Trinajstić information content (AvgIpc) is 3.30. The molecule has 0 spiro atoms. The van der Waals surface area contributed by atoms with Crippen molar-refractivity contribution in [1.82, 2.24) is 14.9 Å². The van der Waals surface area contributed by atoms with Crippen LogP contribution < -0.4 is 5.32 Å². The van der Waals surface area contributed by atoms with Gasteiger partial charge in [-0.2, -0.15) is 0 Å². The minimum Gasteiger partial charge on any atom is -0.451 e. The quantitative estimate of drug-likeness (QED) is 0.456. The van der Waals surface area contributed by atoms with Crippen LogP contribution >= 0.6 is 11.3 Å². The zero-order chi connectivity index (χ0) is 20.1. The Labute approximate surface area is 168 Å². The second-order valence-corrected chi connectivity index (χ2v) is 7.76. The van der Waals surface area contributed by atoms with Gasteiger partial charge in [-0.3, -0.25) is 4.79 Å². The number of thiophene rings is 1. The lowest BCUT2D eigenvalue weighted by Gasteiger charge is -2.09. The summed E-state index contributed by atoms with van der Waals surface area (Å²) in [5.41, 5.74) is 2.70. The first-order valence-electron chi connectivity index (χ1n) is 9.49. The van der Waals surface area contributed by atoms with Crippen molar-refractivity contribution in [3.05, 3.63) is 46.7 Å². The fraction of sp³-hybridized carbons (Fsp3) is 0.381. The zero-order valence-corrected chi connectivity index (χ0v) is 17.3. The Morgan fingerprint density at radius 1 is 1.21 bits per heavy atom. The number of rotatable bonds is 8. The van der Waals surface area contributed by atoms with Gasteiger partial charge >= 0.3 is 5.97 Å². The van der Waals surface area contributed by atoms with Gasteiger partial charge in [0.2, 0.25) is 0 Å². The first-order chi connectivity index (χ1) is 13.5. The smallest absolute Gasteiger partial charge is 0.351 e. The van der Waals surface area contributed by atoms with E-state index in [4.69, 9.17) is 4.74 Å². The van der Waals surface area contributed by atoms with Crippen LogP contribution in [0.15, 0.2) is 30.6 Å². The van der Waals surface area contributed by atoms with Crippen molar-refractivity contribution in [3.63, 3.8) is 0 Å². The molecule has 1 N–H and O–H groups in total. The Morgan fingerprint density at radius 2 is 1.96 bits per heavy atom. The van der Waals surface area contributed by atoms with Gasteiger partial charge in [-0.15, -0.1) is 11.3 Å². The van der Waals surface area contributed by atoms with Crippen LogP contribution in [-0.4, -0.2) is 34.6 Å². The Bertz CT molecular complexity index is 977. The van der Waals surface area contributed by atoms with E-state index in [1.54, 1.807) is 0 Å². The van der Waals surface area contributed by atoms with E-state index in [1.807, 2.05) is 49.0 Å². The standard InChI is InChI=1S/C21H25N3O3S/c1-4-5-6-9-22-16(25)13-27-21(26)19-18(24-10-7-8-11-24)17-14(2)12-15(3)23-20(17)28-19/h7-8,10-12H,4-6,9,13H2,1-3H3,(H,22,25). The van der Waals surface area contributed by atoms with Crippen LogP contribution in [0.3, 0.4) is 0 Å². The molecule has 0 fully saturated rings. The monoisotopic (exact) mass is 399 g/mol. The number of ether oxygens (including phenoxy) is 1. The highest BCUT2D eigenvalue weighted by molar-refractivity contribution is 7.21. The molecule has 0 aliphatic rings. The van der Waals surface area contributed by atoms with Crippen molar-refractivity contribution in [3.8, 4) is 5.69 Å². The van der Waals surface area contributed by atoms with Crippen LogP contribution in [-0.2, 0) is 9.53 Å². The summed E-state index contributed by atoms with van der Waals surface area (Å²) in [6.07, 6.45) is 6.85. The molecule has 0 bridgehead atoms. The maximum atomic E-state index is 12.8. The summed E-state index contributed by atoms with van der Waals surface area (Å²) in [6, 6.07) is 5.81. The predicted octanol–water partition coefficient (Wildman–Crippen LogP) is 4.17. The van der Waals surface area contributed by atoms with E-state index in [2.05, 4.69) is 17.2 Å². The molecule has 0 saturated carbocycles. The molecule has 0 saturated heterocycles. The molecule has 28 heavy (non-hydrogen) atoms. The van der Waals surface area contributed by atoms with Crippen LogP contribution in [0.25, 0.3) is 15.9 Å². The van der Waals surface area contributed by atoms with Crippen molar-refractivity contribution >= 4 is 33.4 Å². The molecule has 0 atom stereocenters. The molecule has 0 unspecified atom stereocenters. The molecule has 3 aromatic heterocycles. The van der Waals surface area contributed by atoms with Crippen molar-refractivity contribution in [1.29, 1.82) is 0 Å². The molecule has 0 radical (unpaired) electrons. The SMILES string of the molecule is CCCCCNC(=O)COC(=O)c1sc2nc(C)cc(C)c2c1-n1cccc1. The van der Waals surface area contributed by atoms with E-state index >= 15 is 0 Å². The number of hydrogen-bond donors (Lipinski definition) is 1. The van der Waals surface area contributed by atoms with Gasteiger partial charge in [0.1, 0.15) is 9.71 Å². The van der Waals surface area contributed by atoms with Crippen molar-refractivity contribution in [2.75, 3.05) is 13.2 Å². The molecule has 3 rings (SSSR count). The summed E-state index contributed by atoms with van der Waals surface area (Å²) in [6.45, 7) is 6.37. The van der Waals surface area contributed by atoms with Crippen LogP contribution in [0, 0.1) is 13.8 Å². The lowest BCUT2D eigenvalue weighted by atomic mass is 10.1. The molecule has 1 amide bonds. The molecular weight excluding hydrogens is 374 g/mol. The summed E-state index contributed by atoms with van der Waals surface area (Å²) in [5.74, 6) is -0.786. The summed E-state index contributed by atoms with van der Waals surface area (Å²) in [4.78, 5) is 30.5. The number of pyridine rings is 1. The van der Waals surface area contributed by atoms with Crippen molar-refractivity contribution in [2.24, 2.45) is 0 Å². The fourth-order valence-electron chi connectivity index (χ4n) is 3.14. The van der Waals surface area contributed by atoms with E-state index in [1.165, 1.54) is 11.3 Å². The fourth-order valence-corrected chi connectivity index (χ4v) is 4.33. The molecule has 0 aliphatic heterocycles. The summed E-state index contributed by atoms with van der Waals surface area (Å²) < 4.78 is 7.20. The molecule has 3 heterocycles. The van der Waals surface area contributed by atoms with E-state index in [9.17, 15) is 9.59 Å². The third-order valence-corrected chi connectivity index (χ3v) is 5.50. The van der Waals surface area contributed by atoms with Gasteiger partial charge < -0.3 is 14.6 Å². The summed E-state index contributed by atoms with van der Waals surface area (Å²) in [5, 5.41) is 3.71. The topological polar surface area (TPSA) is 73.2 Å². The maximum absolute atomic E-state index is 12.8. The minimum atomic E-state index is -0.507. The Balaban J connectivity index is 1.82. The van der Waals surface area contributed by atoms with Crippen LogP contribution in [0.4, 0.5) is 0 Å². The molecular formula is C21H25N3O3S. The third-order valence-electron chi connectivity index (χ3n) is 4.45. The number of fused-ring (bicyclic) bond motifs is 1. The molecule has 0 aromatic carbocycles. The first-order valence-corrected chi connectivity index (χ1v) is 10.3. The molecule has 7 heteroatoms. The largest absolute Gasteiger partial charge is 0.451 e. The van der Waals surface area contributed by atoms with Crippen LogP contribution in [0.2, 0.25) is 0 Å². The minimum absolute atomic E-state index is 0.279. The number of esters is 1. The Kier molecular flexibility index (Phi) is 6.46. The summed E-state index contributed by atoms with van der Waals surface area (Å²) >= 11 is 1.30. The van der Waals surface area contributed by atoms with E-state index < -0.39 is 5.97 Å². The average molecular weight is 400 g/mol. The number of carbonyl (C=O) groups excluding carboxylic acids is 2. The number of hydrogen-bond acceptors (Lipinski definition) is 5. The first kappa shape index (κ1) is 20.1. The lowest BCUT2D eigenvalue weighted by molar-refractivity contribution is -0.124. The Morgan fingerprint density at radius 3 is 2.68 bits per heavy atom. The second kappa shape index (κ2) is 9.01. The third kappa shape index (κ3) is 4.42. The van der Waals surface area contributed by atoms with Gasteiger partial charge in [0, 0.05) is 30.0 Å². The highest BCUT2D eigenvalue weighted by Crippen LogP contribution is 2.36. The van der Waals surface area contributed by atoms with Gasteiger partial charge in [-0.25, -0.2) is 9.78 Å². The maximum Gasteiger partial charge on any atom is 0.351 e. The van der Waals surface area contributed by atoms with Crippen LogP contribution in [0.1, 0.15) is 47.1 Å². The molecule has 3 aromatic rings. The number of nitrogens with one attached hydrogen (secondary N) is 1. The lowest BCUT2D eigenvalue weighted by Crippen LogP contribution is -2.29. The van der Waals surface area contributed by atoms with Gasteiger partial charge in [-0.1, -0.05) is 19.8 Å². The molecule has 0 aliphatic carbocycles. The van der Waals surface area contributed by atoms with Gasteiger partial charge in [-0.05, 0) is 44.0 Å². The van der Waals surface area contributed by atoms with Gasteiger partial charge in [0.25, 0.3) is 5.91 Å². The van der Waals surface area contributed by atoms with E-state index in [0.717, 1.165) is 46.4 Å². The number of aryl methyl sites for hydroxylation is 2. The predicted molar refractivity (Wildman–Crippen MR) is 111 cm³/mol. The highest BCUT2D eigenvalue weighted by Gasteiger charge is 2.23. The number of amides is 1. The van der Waals surface area contributed by atoms with E-state index in [-0.39, 0.29) is 12.5 Å². The van der Waals surface area contributed by atoms with Crippen LogP contribution in [0.5, 0.6) is 0 Å². The molecule has 6 nitrogen and oxygen atoms in total. The number of unbranched alkanes of at least 4 members (excludes halogenated alkanes) is 2. The summed E-state index contributed by atoms with van der Waals surface area (Å²) in [7, 11) is 0. The van der Waals surface area contributed by atoms with Crippen molar-refractivity contribution < 1.29 is 14.3 Å². The highest BCUT2D eigenvalue weighted by atomic mass is 32.1. The number of nitrogens with zero attached hydrogens (tertiary/aromatic N) is 2. The van der Waals surface area contributed by atoms with E-state index in [0.29, 0.717) is 11.4 Å². The normalized spacial score (nSPS) is 11.0. The zero-order valence-electron chi connectivity index (χ0n) is 16.4. The second-order valence-electron chi connectivity index (χ2n) is 6.76. The van der Waals surface area contributed by atoms with Gasteiger partial charge in [0.05, 0.1) is 5.69 Å². The van der Waals surface area contributed by atoms with Crippen molar-refractivity contribution in [2.45, 2.75) is 40.0 Å². The van der Waals surface area contributed by atoms with Gasteiger partial charge in [0.15, 0.2) is 6.61 Å². The number of aromatic nitrogens is 2. The Hall–Kier alpha value is -2.67. The molecule has 148 valence electrons.